The second-order valence-electron chi connectivity index (χ2n) is 11.9. The molecule has 0 unspecified atom stereocenters. The largest absolute Gasteiger partial charge is 0.494 e. The summed E-state index contributed by atoms with van der Waals surface area (Å²) >= 11 is 1.92. The van der Waals surface area contributed by atoms with Crippen LogP contribution in [0.2, 0.25) is 0 Å². The van der Waals surface area contributed by atoms with Crippen LogP contribution in [-0.2, 0) is 0 Å². The summed E-state index contributed by atoms with van der Waals surface area (Å²) in [5, 5.41) is 0. The molecule has 0 aliphatic carbocycles. The van der Waals surface area contributed by atoms with Gasteiger partial charge in [0.25, 0.3) is 0 Å². The summed E-state index contributed by atoms with van der Waals surface area (Å²) in [6.45, 7) is 9.44. The predicted molar refractivity (Wildman–Crippen MR) is 195 cm³/mol. The van der Waals surface area contributed by atoms with Crippen molar-refractivity contribution in [1.82, 2.24) is 0 Å². The molecular weight excluding hydrogens is 577 g/mol. The molecule has 2 aromatic rings. The summed E-state index contributed by atoms with van der Waals surface area (Å²) in [4.78, 5) is 14.5. The molecule has 0 fully saturated rings. The number of unbranched alkanes of at least 4 members (excludes halogenated alkanes) is 16. The van der Waals surface area contributed by atoms with E-state index >= 15 is 0 Å². The summed E-state index contributed by atoms with van der Waals surface area (Å²) in [5.74, 6) is 2.61. The molecule has 0 aliphatic rings. The van der Waals surface area contributed by atoms with E-state index in [1.807, 2.05) is 38.6 Å². The molecule has 2 rings (SSSR count). The van der Waals surface area contributed by atoms with Crippen molar-refractivity contribution in [2.45, 2.75) is 142 Å². The average molecular weight is 639 g/mol. The number of ether oxygens (including phenoxy) is 3. The van der Waals surface area contributed by atoms with E-state index in [0.29, 0.717) is 42.6 Å². The smallest absolute Gasteiger partial charge is 0.189 e. The fourth-order valence-electron chi connectivity index (χ4n) is 5.52. The van der Waals surface area contributed by atoms with Crippen molar-refractivity contribution in [3.63, 3.8) is 0 Å². The van der Waals surface area contributed by atoms with E-state index in [0.717, 1.165) is 11.3 Å². The van der Waals surface area contributed by atoms with Gasteiger partial charge in [0.2, 0.25) is 0 Å². The lowest BCUT2D eigenvalue weighted by molar-refractivity contribution is 0.104. The molecule has 0 saturated heterocycles. The predicted octanol–water partition coefficient (Wildman–Crippen LogP) is 12.5. The van der Waals surface area contributed by atoms with Gasteiger partial charge in [-0.25, -0.2) is 0 Å². The molecule has 45 heavy (non-hydrogen) atoms. The molecule has 0 atom stereocenters. The molecule has 0 N–H and O–H groups in total. The number of benzene rings is 2. The van der Waals surface area contributed by atoms with Crippen molar-refractivity contribution >= 4 is 23.6 Å². The Morgan fingerprint density at radius 2 is 1.13 bits per heavy atom. The number of hydrogen-bond donors (Lipinski definition) is 0. The lowest BCUT2D eigenvalue weighted by Gasteiger charge is -2.16. The lowest BCUT2D eigenvalue weighted by Crippen LogP contribution is -2.06. The summed E-state index contributed by atoms with van der Waals surface area (Å²) in [6.07, 6.45) is 27.4. The standard InChI is InChI=1S/C40H62O4S/c1-5-9-10-11-12-13-14-15-16-17-18-19-20-21-22-23-24-31-45-36-28-25-34(26-29-36)27-30-38(41)37-32-35(42-6-2)33-39(43-7-3)40(37)44-8-4/h25-30,32-33H,5-24,31H2,1-4H3. The number of carbonyl (C=O) groups is 1. The van der Waals surface area contributed by atoms with Crippen molar-refractivity contribution in [3.05, 3.63) is 53.6 Å². The van der Waals surface area contributed by atoms with Gasteiger partial charge in [0.1, 0.15) is 5.75 Å². The lowest BCUT2D eigenvalue weighted by atomic mass is 10.0. The minimum atomic E-state index is -0.141. The Bertz CT molecular complexity index is 1060. The Balaban J connectivity index is 1.61. The SMILES string of the molecule is CCCCCCCCCCCCCCCCCCCSc1ccc(C=CC(=O)c2cc(OCC)cc(OCC)c2OCC)cc1. The maximum atomic E-state index is 13.2. The number of thioether (sulfide) groups is 1. The number of carbonyl (C=O) groups excluding carboxylic acids is 1. The highest BCUT2D eigenvalue weighted by Crippen LogP contribution is 2.37. The highest BCUT2D eigenvalue weighted by Gasteiger charge is 2.18. The van der Waals surface area contributed by atoms with Crippen LogP contribution in [0, 0.1) is 0 Å². The van der Waals surface area contributed by atoms with Gasteiger partial charge in [-0.1, -0.05) is 128 Å². The first-order chi connectivity index (χ1) is 22.1. The summed E-state index contributed by atoms with van der Waals surface area (Å²) in [5.41, 5.74) is 1.44. The van der Waals surface area contributed by atoms with Crippen molar-refractivity contribution in [2.24, 2.45) is 0 Å². The van der Waals surface area contributed by atoms with E-state index in [-0.39, 0.29) is 5.78 Å². The molecule has 0 heterocycles. The average Bonchev–Trinajstić information content (AvgIpc) is 3.05. The first-order valence-corrected chi connectivity index (χ1v) is 19.1. The second-order valence-corrected chi connectivity index (χ2v) is 13.0. The van der Waals surface area contributed by atoms with Crippen molar-refractivity contribution in [1.29, 1.82) is 0 Å². The van der Waals surface area contributed by atoms with E-state index in [9.17, 15) is 4.79 Å². The van der Waals surface area contributed by atoms with Crippen LogP contribution in [0.3, 0.4) is 0 Å². The molecule has 2 aromatic carbocycles. The highest BCUT2D eigenvalue weighted by atomic mass is 32.2. The number of hydrogen-bond acceptors (Lipinski definition) is 5. The van der Waals surface area contributed by atoms with Gasteiger partial charge in [-0.05, 0) is 62.8 Å². The maximum absolute atomic E-state index is 13.2. The zero-order chi connectivity index (χ0) is 32.4. The van der Waals surface area contributed by atoms with Gasteiger partial charge < -0.3 is 14.2 Å². The van der Waals surface area contributed by atoms with Crippen LogP contribution in [-0.4, -0.2) is 31.4 Å². The highest BCUT2D eigenvalue weighted by molar-refractivity contribution is 7.99. The molecule has 5 heteroatoms. The van der Waals surface area contributed by atoms with Crippen LogP contribution in [0.5, 0.6) is 17.2 Å². The molecule has 0 spiro atoms. The number of ketones is 1. The van der Waals surface area contributed by atoms with Crippen LogP contribution in [0.1, 0.15) is 153 Å². The summed E-state index contributed by atoms with van der Waals surface area (Å²) in [7, 11) is 0. The first kappa shape index (κ1) is 38.8. The molecule has 0 aliphatic heterocycles. The minimum Gasteiger partial charge on any atom is -0.494 e. The van der Waals surface area contributed by atoms with E-state index in [4.69, 9.17) is 14.2 Å². The Kier molecular flexibility index (Phi) is 22.2. The van der Waals surface area contributed by atoms with E-state index in [2.05, 4.69) is 31.2 Å². The van der Waals surface area contributed by atoms with Gasteiger partial charge >= 0.3 is 0 Å². The van der Waals surface area contributed by atoms with E-state index in [1.165, 1.54) is 114 Å². The first-order valence-electron chi connectivity index (χ1n) is 18.1. The zero-order valence-electron chi connectivity index (χ0n) is 29.0. The fourth-order valence-corrected chi connectivity index (χ4v) is 6.43. The van der Waals surface area contributed by atoms with Crippen LogP contribution in [0.4, 0.5) is 0 Å². The zero-order valence-corrected chi connectivity index (χ0v) is 29.8. The maximum Gasteiger partial charge on any atom is 0.189 e. The number of allylic oxidation sites excluding steroid dienone is 1. The molecule has 4 nitrogen and oxygen atoms in total. The van der Waals surface area contributed by atoms with Crippen LogP contribution < -0.4 is 14.2 Å². The Morgan fingerprint density at radius 1 is 0.622 bits per heavy atom. The van der Waals surface area contributed by atoms with Gasteiger partial charge in [0.15, 0.2) is 17.3 Å². The molecular formula is C40H62O4S. The van der Waals surface area contributed by atoms with Gasteiger partial charge in [0, 0.05) is 11.0 Å². The Morgan fingerprint density at radius 3 is 1.64 bits per heavy atom. The van der Waals surface area contributed by atoms with Crippen molar-refractivity contribution in [2.75, 3.05) is 25.6 Å². The molecule has 252 valence electrons. The minimum absolute atomic E-state index is 0.141. The van der Waals surface area contributed by atoms with Gasteiger partial charge in [-0.3, -0.25) is 4.79 Å². The normalized spacial score (nSPS) is 11.3. The third-order valence-corrected chi connectivity index (χ3v) is 9.12. The second kappa shape index (κ2) is 25.8. The Labute approximate surface area is 280 Å². The fraction of sp³-hybridized carbons (Fsp3) is 0.625. The van der Waals surface area contributed by atoms with Crippen LogP contribution in [0.15, 0.2) is 47.4 Å². The van der Waals surface area contributed by atoms with Crippen LogP contribution >= 0.6 is 11.8 Å². The Hall–Kier alpha value is -2.40. The third kappa shape index (κ3) is 17.2. The van der Waals surface area contributed by atoms with Gasteiger partial charge in [-0.15, -0.1) is 11.8 Å². The quantitative estimate of drug-likeness (QED) is 0.0401. The van der Waals surface area contributed by atoms with Crippen molar-refractivity contribution < 1.29 is 19.0 Å². The van der Waals surface area contributed by atoms with Crippen molar-refractivity contribution in [3.8, 4) is 17.2 Å². The van der Waals surface area contributed by atoms with Crippen LogP contribution in [0.25, 0.3) is 6.08 Å². The summed E-state index contributed by atoms with van der Waals surface area (Å²) in [6, 6.07) is 12.0. The van der Waals surface area contributed by atoms with Gasteiger partial charge in [0.05, 0.1) is 25.4 Å². The summed E-state index contributed by atoms with van der Waals surface area (Å²) < 4.78 is 17.3. The third-order valence-electron chi connectivity index (χ3n) is 8.02. The van der Waals surface area contributed by atoms with E-state index < -0.39 is 0 Å². The molecule has 0 bridgehead atoms. The van der Waals surface area contributed by atoms with Gasteiger partial charge in [-0.2, -0.15) is 0 Å². The molecule has 0 saturated carbocycles. The molecule has 0 aromatic heterocycles. The molecule has 0 radical (unpaired) electrons. The topological polar surface area (TPSA) is 44.8 Å². The monoisotopic (exact) mass is 638 g/mol. The number of rotatable bonds is 28. The molecule has 0 amide bonds. The van der Waals surface area contributed by atoms with E-state index in [1.54, 1.807) is 18.2 Å².